The molecule has 0 saturated heterocycles. The highest BCUT2D eigenvalue weighted by Crippen LogP contribution is 2.20. The lowest BCUT2D eigenvalue weighted by Crippen LogP contribution is -2.34. The van der Waals surface area contributed by atoms with E-state index >= 15 is 0 Å². The second-order valence-electron chi connectivity index (χ2n) is 3.75. The topological polar surface area (TPSA) is 54.0 Å². The van der Waals surface area contributed by atoms with Gasteiger partial charge in [-0.2, -0.15) is 0 Å². The minimum absolute atomic E-state index is 0.157. The van der Waals surface area contributed by atoms with Gasteiger partial charge in [-0.25, -0.2) is 4.98 Å². The molecule has 0 saturated carbocycles. The molecule has 0 spiro atoms. The van der Waals surface area contributed by atoms with Gasteiger partial charge in [0, 0.05) is 10.7 Å². The van der Waals surface area contributed by atoms with Crippen LogP contribution < -0.4 is 10.6 Å². The van der Waals surface area contributed by atoms with Gasteiger partial charge in [-0.3, -0.25) is 10.1 Å². The van der Waals surface area contributed by atoms with Crippen LogP contribution in [-0.2, 0) is 0 Å². The minimum Gasteiger partial charge on any atom is -0.317 e. The highest BCUT2D eigenvalue weighted by molar-refractivity contribution is 9.10. The largest absolute Gasteiger partial charge is 0.317 e. The van der Waals surface area contributed by atoms with Crippen LogP contribution in [0.15, 0.2) is 47.1 Å². The minimum atomic E-state index is -0.385. The van der Waals surface area contributed by atoms with Gasteiger partial charge in [-0.05, 0) is 42.5 Å². The monoisotopic (exact) mass is 369 g/mol. The van der Waals surface area contributed by atoms with E-state index in [0.717, 1.165) is 4.47 Å². The van der Waals surface area contributed by atoms with Gasteiger partial charge in [0.2, 0.25) is 0 Å². The number of halogens is 2. The molecular weight excluding hydrogens is 362 g/mol. The fourth-order valence-electron chi connectivity index (χ4n) is 1.43. The third-order valence-electron chi connectivity index (χ3n) is 2.31. The molecule has 1 heterocycles. The number of carbonyl (C=O) groups excluding carboxylic acids is 1. The number of carbonyl (C=O) groups is 1. The number of thiocarbonyl (C=S) groups is 1. The van der Waals surface area contributed by atoms with E-state index in [9.17, 15) is 4.79 Å². The fourth-order valence-corrected chi connectivity index (χ4v) is 2.19. The molecule has 0 aliphatic carbocycles. The molecule has 0 aliphatic rings. The van der Waals surface area contributed by atoms with Crippen LogP contribution in [0.3, 0.4) is 0 Å². The quantitative estimate of drug-likeness (QED) is 0.793. The molecule has 4 nitrogen and oxygen atoms in total. The number of aromatic nitrogens is 1. The summed E-state index contributed by atoms with van der Waals surface area (Å²) in [5.74, 6) is 0.169. The molecule has 20 heavy (non-hydrogen) atoms. The third kappa shape index (κ3) is 4.00. The number of rotatable bonds is 2. The van der Waals surface area contributed by atoms with E-state index in [1.807, 2.05) is 6.07 Å². The molecule has 1 aromatic carbocycles. The number of nitrogens with one attached hydrogen (secondary N) is 2. The van der Waals surface area contributed by atoms with Gasteiger partial charge in [0.25, 0.3) is 5.91 Å². The second-order valence-corrected chi connectivity index (χ2v) is 5.48. The molecule has 0 fully saturated rings. The number of benzene rings is 1. The van der Waals surface area contributed by atoms with Crippen molar-refractivity contribution in [3.8, 4) is 0 Å². The summed E-state index contributed by atoms with van der Waals surface area (Å²) < 4.78 is 0.760. The Kier molecular flexibility index (Phi) is 5.05. The normalized spacial score (nSPS) is 9.90. The summed E-state index contributed by atoms with van der Waals surface area (Å²) in [7, 11) is 0. The van der Waals surface area contributed by atoms with Crippen molar-refractivity contribution in [3.63, 3.8) is 0 Å². The Morgan fingerprint density at radius 3 is 2.80 bits per heavy atom. The number of anilines is 1. The lowest BCUT2D eigenvalue weighted by Gasteiger charge is -2.09. The fraction of sp³-hybridized carbons (Fsp3) is 0. The summed E-state index contributed by atoms with van der Waals surface area (Å²) in [5, 5.41) is 5.87. The maximum absolute atomic E-state index is 12.1. The van der Waals surface area contributed by atoms with Gasteiger partial charge in [0.05, 0.1) is 10.6 Å². The highest BCUT2D eigenvalue weighted by Gasteiger charge is 2.12. The van der Waals surface area contributed by atoms with Crippen molar-refractivity contribution in [1.82, 2.24) is 10.3 Å². The van der Waals surface area contributed by atoms with Crippen molar-refractivity contribution in [2.45, 2.75) is 0 Å². The Balaban J connectivity index is 2.04. The zero-order valence-corrected chi connectivity index (χ0v) is 13.2. The van der Waals surface area contributed by atoms with Gasteiger partial charge in [-0.15, -0.1) is 0 Å². The number of hydrogen-bond acceptors (Lipinski definition) is 3. The number of nitrogens with zero attached hydrogens (tertiary/aromatic N) is 1. The number of pyridine rings is 1. The van der Waals surface area contributed by atoms with Crippen LogP contribution in [0.5, 0.6) is 0 Å². The maximum atomic E-state index is 12.1. The molecule has 2 N–H and O–H groups in total. The number of hydrogen-bond donors (Lipinski definition) is 2. The van der Waals surface area contributed by atoms with Crippen LogP contribution in [-0.4, -0.2) is 16.0 Å². The van der Waals surface area contributed by atoms with E-state index in [-0.39, 0.29) is 11.0 Å². The first-order valence-corrected chi connectivity index (χ1v) is 7.12. The SMILES string of the molecule is O=C(NC(=S)Nc1ccccn1)c1cc(Br)ccc1Cl. The van der Waals surface area contributed by atoms with Crippen molar-refractivity contribution >= 4 is 56.6 Å². The molecule has 102 valence electrons. The molecule has 1 aromatic heterocycles. The summed E-state index contributed by atoms with van der Waals surface area (Å²) in [4.78, 5) is 16.1. The van der Waals surface area contributed by atoms with Crippen molar-refractivity contribution < 1.29 is 4.79 Å². The van der Waals surface area contributed by atoms with Crippen molar-refractivity contribution in [2.75, 3.05) is 5.32 Å². The molecule has 0 radical (unpaired) electrons. The van der Waals surface area contributed by atoms with Gasteiger partial charge >= 0.3 is 0 Å². The molecule has 0 unspecified atom stereocenters. The summed E-state index contributed by atoms with van der Waals surface area (Å²) in [6, 6.07) is 10.4. The van der Waals surface area contributed by atoms with Crippen LogP contribution in [0.2, 0.25) is 5.02 Å². The van der Waals surface area contributed by atoms with Crippen molar-refractivity contribution in [3.05, 3.63) is 57.7 Å². The number of amides is 1. The second kappa shape index (κ2) is 6.78. The molecule has 7 heteroatoms. The Hall–Kier alpha value is -1.50. The van der Waals surface area contributed by atoms with Crippen LogP contribution >= 0.6 is 39.7 Å². The maximum Gasteiger partial charge on any atom is 0.258 e. The van der Waals surface area contributed by atoms with Crippen LogP contribution in [0.1, 0.15) is 10.4 Å². The van der Waals surface area contributed by atoms with E-state index in [4.69, 9.17) is 23.8 Å². The van der Waals surface area contributed by atoms with Crippen LogP contribution in [0.25, 0.3) is 0 Å². The molecule has 0 atom stereocenters. The average Bonchev–Trinajstić information content (AvgIpc) is 2.42. The first kappa shape index (κ1) is 14.9. The predicted molar refractivity (Wildman–Crippen MR) is 87.1 cm³/mol. The van der Waals surface area contributed by atoms with E-state index in [1.54, 1.807) is 36.5 Å². The molecule has 2 aromatic rings. The van der Waals surface area contributed by atoms with Crippen LogP contribution in [0, 0.1) is 0 Å². The smallest absolute Gasteiger partial charge is 0.258 e. The molecular formula is C13H9BrClN3OS. The van der Waals surface area contributed by atoms with Gasteiger partial charge in [0.1, 0.15) is 5.82 Å². The van der Waals surface area contributed by atoms with E-state index in [1.165, 1.54) is 0 Å². The molecule has 1 amide bonds. The van der Waals surface area contributed by atoms with Crippen LogP contribution in [0.4, 0.5) is 5.82 Å². The first-order chi connectivity index (χ1) is 9.56. The summed E-state index contributed by atoms with van der Waals surface area (Å²) in [5.41, 5.74) is 0.339. The Morgan fingerprint density at radius 2 is 2.10 bits per heavy atom. The van der Waals surface area contributed by atoms with E-state index in [2.05, 4.69) is 31.5 Å². The Morgan fingerprint density at radius 1 is 1.30 bits per heavy atom. The lowest BCUT2D eigenvalue weighted by atomic mass is 10.2. The predicted octanol–water partition coefficient (Wildman–Crippen LogP) is 3.62. The first-order valence-electron chi connectivity index (χ1n) is 5.54. The van der Waals surface area contributed by atoms with Gasteiger partial charge < -0.3 is 5.32 Å². The Bertz CT molecular complexity index is 651. The van der Waals surface area contributed by atoms with Crippen molar-refractivity contribution in [1.29, 1.82) is 0 Å². The highest BCUT2D eigenvalue weighted by atomic mass is 79.9. The molecule has 2 rings (SSSR count). The van der Waals surface area contributed by atoms with E-state index < -0.39 is 0 Å². The zero-order valence-electron chi connectivity index (χ0n) is 10.1. The summed E-state index contributed by atoms with van der Waals surface area (Å²) in [6.45, 7) is 0. The standard InChI is InChI=1S/C13H9BrClN3OS/c14-8-4-5-10(15)9(7-8)12(19)18-13(20)17-11-3-1-2-6-16-11/h1-7H,(H2,16,17,18,19,20). The lowest BCUT2D eigenvalue weighted by molar-refractivity contribution is 0.0978. The van der Waals surface area contributed by atoms with E-state index in [0.29, 0.717) is 16.4 Å². The van der Waals surface area contributed by atoms with Crippen molar-refractivity contribution in [2.24, 2.45) is 0 Å². The molecule has 0 bridgehead atoms. The molecule has 0 aliphatic heterocycles. The van der Waals surface area contributed by atoms with Gasteiger partial charge in [-0.1, -0.05) is 33.6 Å². The summed E-state index contributed by atoms with van der Waals surface area (Å²) in [6.07, 6.45) is 1.62. The Labute approximate surface area is 134 Å². The summed E-state index contributed by atoms with van der Waals surface area (Å²) >= 11 is 14.3. The third-order valence-corrected chi connectivity index (χ3v) is 3.33. The van der Waals surface area contributed by atoms with Gasteiger partial charge in [0.15, 0.2) is 5.11 Å². The average molecular weight is 371 g/mol. The zero-order chi connectivity index (χ0) is 14.5.